The second-order valence-corrected chi connectivity index (χ2v) is 12.7. The molecule has 6 nitrogen and oxygen atoms in total. The fourth-order valence-corrected chi connectivity index (χ4v) is 5.12. The van der Waals surface area contributed by atoms with Crippen LogP contribution in [0.2, 0.25) is 0 Å². The van der Waals surface area contributed by atoms with Crippen molar-refractivity contribution in [2.45, 2.75) is 32.1 Å². The smallest absolute Gasteiger partial charge is 0.185 e. The minimum atomic E-state index is -0.0413. The SMILES string of the molecule is CN(C)c1ccc(/C=C/C=C/C(=O)c2ccc(OCCCCCCCOc3ccc(C(=O)/C=C/C=C/c4ccc(N(C)C)cc4)cc3)cc2)cc1. The van der Waals surface area contributed by atoms with Crippen molar-refractivity contribution in [1.29, 1.82) is 0 Å². The Kier molecular flexibility index (Phi) is 15.6. The van der Waals surface area contributed by atoms with Gasteiger partial charge >= 0.3 is 0 Å². The first kappa shape index (κ1) is 38.2. The monoisotopic (exact) mass is 682 g/mol. The molecule has 0 N–H and O–H groups in total. The number of allylic oxidation sites excluding steroid dienone is 6. The Bertz CT molecular complexity index is 1630. The highest BCUT2D eigenvalue weighted by molar-refractivity contribution is 6.05. The third-order valence-corrected chi connectivity index (χ3v) is 8.22. The van der Waals surface area contributed by atoms with Crippen LogP contribution < -0.4 is 19.3 Å². The van der Waals surface area contributed by atoms with E-state index in [4.69, 9.17) is 9.47 Å². The lowest BCUT2D eigenvalue weighted by atomic mass is 10.1. The Balaban J connectivity index is 1.03. The Morgan fingerprint density at radius 1 is 0.471 bits per heavy atom. The molecule has 0 saturated heterocycles. The number of unbranched alkanes of at least 4 members (excludes halogenated alkanes) is 4. The molecule has 51 heavy (non-hydrogen) atoms. The maximum absolute atomic E-state index is 12.5. The van der Waals surface area contributed by atoms with Gasteiger partial charge in [-0.25, -0.2) is 0 Å². The fraction of sp³-hybridized carbons (Fsp3) is 0.244. The average molecular weight is 683 g/mol. The molecule has 0 spiro atoms. The molecule has 264 valence electrons. The number of ketones is 2. The van der Waals surface area contributed by atoms with Crippen molar-refractivity contribution in [2.75, 3.05) is 51.2 Å². The number of rotatable bonds is 20. The number of nitrogens with zero attached hydrogens (tertiary/aromatic N) is 2. The van der Waals surface area contributed by atoms with Crippen molar-refractivity contribution < 1.29 is 19.1 Å². The molecule has 0 unspecified atom stereocenters. The molecular formula is C45H50N2O4. The van der Waals surface area contributed by atoms with Crippen LogP contribution in [0.25, 0.3) is 12.2 Å². The third-order valence-electron chi connectivity index (χ3n) is 8.22. The maximum atomic E-state index is 12.5. The zero-order valence-electron chi connectivity index (χ0n) is 30.3. The van der Waals surface area contributed by atoms with Gasteiger partial charge in [-0.15, -0.1) is 0 Å². The van der Waals surface area contributed by atoms with E-state index in [9.17, 15) is 9.59 Å². The largest absolute Gasteiger partial charge is 0.494 e. The highest BCUT2D eigenvalue weighted by Crippen LogP contribution is 2.17. The number of hydrogen-bond donors (Lipinski definition) is 0. The first-order chi connectivity index (χ1) is 24.8. The second kappa shape index (κ2) is 20.8. The first-order valence-corrected chi connectivity index (χ1v) is 17.6. The Hall–Kier alpha value is -5.62. The fourth-order valence-electron chi connectivity index (χ4n) is 5.12. The summed E-state index contributed by atoms with van der Waals surface area (Å²) in [5, 5.41) is 0. The van der Waals surface area contributed by atoms with Crippen LogP contribution in [0.3, 0.4) is 0 Å². The molecule has 0 atom stereocenters. The van der Waals surface area contributed by atoms with Gasteiger partial charge in [-0.1, -0.05) is 80.0 Å². The molecule has 4 aromatic carbocycles. The molecule has 0 aliphatic carbocycles. The number of benzene rings is 4. The molecule has 0 bridgehead atoms. The molecule has 0 aliphatic heterocycles. The van der Waals surface area contributed by atoms with Crippen molar-refractivity contribution in [3.63, 3.8) is 0 Å². The Morgan fingerprint density at radius 3 is 1.18 bits per heavy atom. The molecule has 0 saturated carbocycles. The summed E-state index contributed by atoms with van der Waals surface area (Å²) in [5.74, 6) is 1.46. The quantitative estimate of drug-likeness (QED) is 0.0400. The summed E-state index contributed by atoms with van der Waals surface area (Å²) in [7, 11) is 8.06. The van der Waals surface area contributed by atoms with Crippen molar-refractivity contribution in [3.8, 4) is 11.5 Å². The second-order valence-electron chi connectivity index (χ2n) is 12.7. The van der Waals surface area contributed by atoms with E-state index in [2.05, 4.69) is 58.3 Å². The zero-order valence-corrected chi connectivity index (χ0v) is 30.3. The number of anilines is 2. The van der Waals surface area contributed by atoms with Crippen molar-refractivity contribution in [3.05, 3.63) is 156 Å². The third kappa shape index (κ3) is 13.7. The van der Waals surface area contributed by atoms with E-state index in [-0.39, 0.29) is 11.6 Å². The summed E-state index contributed by atoms with van der Waals surface area (Å²) in [6.45, 7) is 1.29. The number of ether oxygens (including phenoxy) is 2. The Labute approximate surface area is 304 Å². The van der Waals surface area contributed by atoms with Gasteiger partial charge in [-0.3, -0.25) is 9.59 Å². The van der Waals surface area contributed by atoms with Crippen LogP contribution in [-0.4, -0.2) is 53.0 Å². The molecular weight excluding hydrogens is 633 g/mol. The summed E-state index contributed by atoms with van der Waals surface area (Å²) >= 11 is 0. The summed E-state index contributed by atoms with van der Waals surface area (Å²) in [6.07, 6.45) is 19.6. The van der Waals surface area contributed by atoms with Crippen molar-refractivity contribution >= 4 is 35.1 Å². The molecule has 0 amide bonds. The van der Waals surface area contributed by atoms with Crippen LogP contribution in [0.4, 0.5) is 11.4 Å². The standard InChI is InChI=1S/C45H50N2O4/c1-46(2)40-26-18-36(19-27-40)14-8-10-16-44(48)38-22-30-42(31-23-38)50-34-12-6-5-7-13-35-51-43-32-24-39(25-33-43)45(49)17-11-9-15-37-20-28-41(29-21-37)47(3)4/h8-11,14-33H,5-7,12-13,34-35H2,1-4H3/b14-8+,15-9+,16-10+,17-11+. The van der Waals surface area contributed by atoms with Crippen LogP contribution in [0.1, 0.15) is 63.9 Å². The molecule has 0 fully saturated rings. The van der Waals surface area contributed by atoms with Gasteiger partial charge in [0.1, 0.15) is 11.5 Å². The van der Waals surface area contributed by atoms with E-state index in [1.54, 1.807) is 48.6 Å². The molecule has 4 aromatic rings. The van der Waals surface area contributed by atoms with Gasteiger partial charge in [0.05, 0.1) is 13.2 Å². The molecule has 0 aliphatic rings. The van der Waals surface area contributed by atoms with Crippen LogP contribution in [-0.2, 0) is 0 Å². The maximum Gasteiger partial charge on any atom is 0.185 e. The lowest BCUT2D eigenvalue weighted by Gasteiger charge is -2.11. The van der Waals surface area contributed by atoms with E-state index in [0.717, 1.165) is 66.1 Å². The van der Waals surface area contributed by atoms with Crippen LogP contribution in [0.5, 0.6) is 11.5 Å². The van der Waals surface area contributed by atoms with Crippen LogP contribution >= 0.6 is 0 Å². The van der Waals surface area contributed by atoms with Crippen molar-refractivity contribution in [2.24, 2.45) is 0 Å². The summed E-state index contributed by atoms with van der Waals surface area (Å²) in [5.41, 5.74) is 5.73. The normalized spacial score (nSPS) is 11.5. The average Bonchev–Trinajstić information content (AvgIpc) is 3.15. The van der Waals surface area contributed by atoms with Crippen LogP contribution in [0.15, 0.2) is 134 Å². The van der Waals surface area contributed by atoms with Gasteiger partial charge in [-0.2, -0.15) is 0 Å². The van der Waals surface area contributed by atoms with Gasteiger partial charge < -0.3 is 19.3 Å². The molecule has 0 heterocycles. The van der Waals surface area contributed by atoms with E-state index in [0.29, 0.717) is 24.3 Å². The van der Waals surface area contributed by atoms with Gasteiger partial charge in [0.25, 0.3) is 0 Å². The van der Waals surface area contributed by atoms with E-state index in [1.807, 2.05) is 76.8 Å². The first-order valence-electron chi connectivity index (χ1n) is 17.6. The minimum Gasteiger partial charge on any atom is -0.494 e. The summed E-state index contributed by atoms with van der Waals surface area (Å²) in [6, 6.07) is 31.1. The highest BCUT2D eigenvalue weighted by atomic mass is 16.5. The number of carbonyl (C=O) groups is 2. The molecule has 0 radical (unpaired) electrons. The van der Waals surface area contributed by atoms with E-state index in [1.165, 1.54) is 0 Å². The zero-order chi connectivity index (χ0) is 36.3. The molecule has 6 heteroatoms. The van der Waals surface area contributed by atoms with E-state index >= 15 is 0 Å². The van der Waals surface area contributed by atoms with Gasteiger partial charge in [0.15, 0.2) is 11.6 Å². The molecule has 4 rings (SSSR count). The lowest BCUT2D eigenvalue weighted by Crippen LogP contribution is -2.07. The topological polar surface area (TPSA) is 59.1 Å². The van der Waals surface area contributed by atoms with Crippen molar-refractivity contribution in [1.82, 2.24) is 0 Å². The predicted octanol–water partition coefficient (Wildman–Crippen LogP) is 10.1. The van der Waals surface area contributed by atoms with Gasteiger partial charge in [-0.05, 0) is 109 Å². The minimum absolute atomic E-state index is 0.0413. The predicted molar refractivity (Wildman–Crippen MR) is 214 cm³/mol. The Morgan fingerprint density at radius 2 is 0.824 bits per heavy atom. The van der Waals surface area contributed by atoms with Crippen LogP contribution in [0, 0.1) is 0 Å². The molecule has 0 aromatic heterocycles. The highest BCUT2D eigenvalue weighted by Gasteiger charge is 2.04. The summed E-state index contributed by atoms with van der Waals surface area (Å²) in [4.78, 5) is 29.1. The summed E-state index contributed by atoms with van der Waals surface area (Å²) < 4.78 is 11.8. The van der Waals surface area contributed by atoms with Gasteiger partial charge in [0, 0.05) is 50.7 Å². The lowest BCUT2D eigenvalue weighted by molar-refractivity contribution is 0.103. The number of carbonyl (C=O) groups excluding carboxylic acids is 2. The van der Waals surface area contributed by atoms with E-state index < -0.39 is 0 Å². The number of hydrogen-bond acceptors (Lipinski definition) is 6. The van der Waals surface area contributed by atoms with Gasteiger partial charge in [0.2, 0.25) is 0 Å².